The van der Waals surface area contributed by atoms with Gasteiger partial charge in [-0.25, -0.2) is 0 Å². The normalized spacial score (nSPS) is 11.8. The number of hydrogen-bond donors (Lipinski definition) is 1. The molecule has 5 heteroatoms. The topological polar surface area (TPSA) is 56.8 Å². The molecule has 28 heavy (non-hydrogen) atoms. The van der Waals surface area contributed by atoms with Gasteiger partial charge in [-0.15, -0.1) is 0 Å². The first-order chi connectivity index (χ1) is 13.4. The summed E-state index contributed by atoms with van der Waals surface area (Å²) < 4.78 is 16.0. The first-order valence-corrected chi connectivity index (χ1v) is 9.55. The average molecular weight is 386 g/mol. The maximum atomic E-state index is 12.5. The molecule has 5 nitrogen and oxygen atoms in total. The van der Waals surface area contributed by atoms with Crippen LogP contribution in [-0.4, -0.2) is 27.2 Å². The highest BCUT2D eigenvalue weighted by Gasteiger charge is 2.16. The fraction of sp³-hybridized carbons (Fsp3) is 0.435. The second-order valence-corrected chi connectivity index (χ2v) is 7.34. The van der Waals surface area contributed by atoms with E-state index in [2.05, 4.69) is 43.4 Å². The van der Waals surface area contributed by atoms with Gasteiger partial charge in [0.1, 0.15) is 0 Å². The summed E-state index contributed by atoms with van der Waals surface area (Å²) in [6.07, 6.45) is 1.29. The predicted octanol–water partition coefficient (Wildman–Crippen LogP) is 4.33. The molecule has 1 atom stereocenters. The third kappa shape index (κ3) is 5.65. The Morgan fingerprint density at radius 3 is 1.93 bits per heavy atom. The summed E-state index contributed by atoms with van der Waals surface area (Å²) in [5.74, 6) is 2.16. The Balaban J connectivity index is 2.05. The Morgan fingerprint density at radius 2 is 1.46 bits per heavy atom. The van der Waals surface area contributed by atoms with Gasteiger partial charge in [-0.2, -0.15) is 0 Å². The van der Waals surface area contributed by atoms with Gasteiger partial charge in [-0.3, -0.25) is 4.79 Å². The van der Waals surface area contributed by atoms with E-state index in [-0.39, 0.29) is 18.4 Å². The zero-order chi connectivity index (χ0) is 20.7. The highest BCUT2D eigenvalue weighted by atomic mass is 16.5. The van der Waals surface area contributed by atoms with Crippen LogP contribution in [0.3, 0.4) is 0 Å². The van der Waals surface area contributed by atoms with Crippen molar-refractivity contribution in [3.05, 3.63) is 53.1 Å². The minimum absolute atomic E-state index is 0.0620. The summed E-state index contributed by atoms with van der Waals surface area (Å²) >= 11 is 0. The van der Waals surface area contributed by atoms with Crippen LogP contribution in [-0.2, 0) is 17.6 Å². The summed E-state index contributed by atoms with van der Waals surface area (Å²) in [6, 6.07) is 12.0. The van der Waals surface area contributed by atoms with Gasteiger partial charge in [0.2, 0.25) is 11.7 Å². The molecule has 0 unspecified atom stereocenters. The Bertz CT molecular complexity index is 759. The van der Waals surface area contributed by atoms with Gasteiger partial charge in [0.25, 0.3) is 0 Å². The van der Waals surface area contributed by atoms with Crippen LogP contribution >= 0.6 is 0 Å². The molecule has 1 amide bonds. The van der Waals surface area contributed by atoms with Crippen molar-refractivity contribution >= 4 is 5.91 Å². The minimum atomic E-state index is -0.0670. The highest BCUT2D eigenvalue weighted by molar-refractivity contribution is 5.79. The zero-order valence-electron chi connectivity index (χ0n) is 17.7. The van der Waals surface area contributed by atoms with Crippen molar-refractivity contribution in [2.24, 2.45) is 5.92 Å². The quantitative estimate of drug-likeness (QED) is 0.698. The molecule has 2 aromatic carbocycles. The van der Waals surface area contributed by atoms with Crippen LogP contribution in [0.25, 0.3) is 0 Å². The molecule has 2 rings (SSSR count). The summed E-state index contributed by atoms with van der Waals surface area (Å²) in [4.78, 5) is 12.5. The summed E-state index contributed by atoms with van der Waals surface area (Å²) in [5, 5.41) is 3.06. The van der Waals surface area contributed by atoms with Crippen molar-refractivity contribution in [1.82, 2.24) is 5.32 Å². The lowest BCUT2D eigenvalue weighted by Gasteiger charge is -2.17. The van der Waals surface area contributed by atoms with E-state index in [1.54, 1.807) is 33.5 Å². The molecule has 2 aromatic rings. The molecule has 0 fully saturated rings. The highest BCUT2D eigenvalue weighted by Crippen LogP contribution is 2.38. The van der Waals surface area contributed by atoms with Gasteiger partial charge in [-0.1, -0.05) is 38.1 Å². The van der Waals surface area contributed by atoms with Crippen LogP contribution in [0.5, 0.6) is 17.2 Å². The van der Waals surface area contributed by atoms with Crippen LogP contribution in [0.4, 0.5) is 0 Å². The Labute approximate surface area is 168 Å². The lowest BCUT2D eigenvalue weighted by atomic mass is 10.00. The molecule has 0 aromatic heterocycles. The number of nitrogens with one attached hydrogen (secondary N) is 1. The van der Waals surface area contributed by atoms with E-state index >= 15 is 0 Å². The molecular weight excluding hydrogens is 354 g/mol. The molecule has 0 saturated heterocycles. The van der Waals surface area contributed by atoms with E-state index < -0.39 is 0 Å². The Kier molecular flexibility index (Phi) is 7.73. The van der Waals surface area contributed by atoms with Gasteiger partial charge in [0.15, 0.2) is 11.5 Å². The molecule has 0 aliphatic heterocycles. The summed E-state index contributed by atoms with van der Waals surface area (Å²) in [5.41, 5.74) is 3.20. The molecule has 0 heterocycles. The van der Waals surface area contributed by atoms with Crippen LogP contribution in [0.1, 0.15) is 43.5 Å². The van der Waals surface area contributed by atoms with Gasteiger partial charge in [0, 0.05) is 0 Å². The van der Waals surface area contributed by atoms with Crippen molar-refractivity contribution in [1.29, 1.82) is 0 Å². The van der Waals surface area contributed by atoms with Crippen molar-refractivity contribution in [3.8, 4) is 17.2 Å². The van der Waals surface area contributed by atoms with Crippen molar-refractivity contribution < 1.29 is 19.0 Å². The first-order valence-electron chi connectivity index (χ1n) is 9.55. The standard InChI is InChI=1S/C23H31NO4/c1-15(2)11-17-7-9-19(10-8-17)16(3)24-22(25)14-18-12-20(26-4)23(28-6)21(13-18)27-5/h7-10,12-13,15-16H,11,14H2,1-6H3,(H,24,25)/t16-/m1/s1. The third-order valence-corrected chi connectivity index (χ3v) is 4.59. The maximum Gasteiger partial charge on any atom is 0.224 e. The number of carbonyl (C=O) groups is 1. The minimum Gasteiger partial charge on any atom is -0.493 e. The molecule has 0 aliphatic carbocycles. The van der Waals surface area contributed by atoms with E-state index in [0.717, 1.165) is 17.5 Å². The average Bonchev–Trinajstić information content (AvgIpc) is 2.66. The fourth-order valence-corrected chi connectivity index (χ4v) is 3.21. The second kappa shape index (κ2) is 10.0. The van der Waals surface area contributed by atoms with Gasteiger partial charge in [-0.05, 0) is 48.1 Å². The molecular formula is C23H31NO4. The maximum absolute atomic E-state index is 12.5. The Morgan fingerprint density at radius 1 is 0.893 bits per heavy atom. The number of methoxy groups -OCH3 is 3. The number of amides is 1. The van der Waals surface area contributed by atoms with E-state index in [1.807, 2.05) is 6.92 Å². The largest absolute Gasteiger partial charge is 0.493 e. The Hall–Kier alpha value is -2.69. The lowest BCUT2D eigenvalue weighted by molar-refractivity contribution is -0.121. The number of carbonyl (C=O) groups excluding carboxylic acids is 1. The number of benzene rings is 2. The van der Waals surface area contributed by atoms with Crippen LogP contribution < -0.4 is 19.5 Å². The molecule has 0 radical (unpaired) electrons. The van der Waals surface area contributed by atoms with Gasteiger partial charge < -0.3 is 19.5 Å². The third-order valence-electron chi connectivity index (χ3n) is 4.59. The molecule has 0 aliphatic rings. The number of ether oxygens (including phenoxy) is 3. The lowest BCUT2D eigenvalue weighted by Crippen LogP contribution is -2.28. The van der Waals surface area contributed by atoms with Gasteiger partial charge in [0.05, 0.1) is 33.8 Å². The van der Waals surface area contributed by atoms with Crippen LogP contribution in [0.2, 0.25) is 0 Å². The SMILES string of the molecule is COc1cc(CC(=O)N[C@H](C)c2ccc(CC(C)C)cc2)cc(OC)c1OC. The van der Waals surface area contributed by atoms with E-state index in [4.69, 9.17) is 14.2 Å². The summed E-state index contributed by atoms with van der Waals surface area (Å²) in [7, 11) is 4.68. The molecule has 0 bridgehead atoms. The van der Waals surface area contributed by atoms with Gasteiger partial charge >= 0.3 is 0 Å². The van der Waals surface area contributed by atoms with Crippen LogP contribution in [0, 0.1) is 5.92 Å². The smallest absolute Gasteiger partial charge is 0.224 e. The number of hydrogen-bond acceptors (Lipinski definition) is 4. The predicted molar refractivity (Wildman–Crippen MR) is 111 cm³/mol. The monoisotopic (exact) mass is 385 g/mol. The second-order valence-electron chi connectivity index (χ2n) is 7.34. The van der Waals surface area contributed by atoms with E-state index in [9.17, 15) is 4.79 Å². The van der Waals surface area contributed by atoms with Crippen molar-refractivity contribution in [2.45, 2.75) is 39.7 Å². The fourth-order valence-electron chi connectivity index (χ4n) is 3.21. The molecule has 1 N–H and O–H groups in total. The van der Waals surface area contributed by atoms with E-state index in [1.165, 1.54) is 5.56 Å². The van der Waals surface area contributed by atoms with Crippen molar-refractivity contribution in [3.63, 3.8) is 0 Å². The molecule has 152 valence electrons. The van der Waals surface area contributed by atoms with Crippen molar-refractivity contribution in [2.75, 3.05) is 21.3 Å². The zero-order valence-corrected chi connectivity index (χ0v) is 17.7. The molecule has 0 spiro atoms. The van der Waals surface area contributed by atoms with E-state index in [0.29, 0.717) is 23.2 Å². The first kappa shape index (κ1) is 21.6. The number of rotatable bonds is 9. The summed E-state index contributed by atoms with van der Waals surface area (Å²) in [6.45, 7) is 6.41. The molecule has 0 saturated carbocycles. The van der Waals surface area contributed by atoms with Crippen LogP contribution in [0.15, 0.2) is 36.4 Å².